The molecule has 0 spiro atoms. The van der Waals surface area contributed by atoms with Crippen LogP contribution in [-0.2, 0) is 62.3 Å². The second-order valence-electron chi connectivity index (χ2n) is 14.3. The molecule has 63 heavy (non-hydrogen) atoms. The van der Waals surface area contributed by atoms with Gasteiger partial charge in [0.15, 0.2) is 0 Å². The normalized spacial score (nSPS) is 15.5. The summed E-state index contributed by atoms with van der Waals surface area (Å²) in [5.74, 6) is -17.2. The number of aliphatic carboxylic acids is 4. The van der Waals surface area contributed by atoms with E-state index < -0.39 is 176 Å². The summed E-state index contributed by atoms with van der Waals surface area (Å²) in [5, 5.41) is 64.2. The van der Waals surface area contributed by atoms with E-state index in [9.17, 15) is 82.8 Å². The van der Waals surface area contributed by atoms with Crippen LogP contribution >= 0.6 is 0 Å². The van der Waals surface area contributed by atoms with Gasteiger partial charge >= 0.3 is 23.9 Å². The molecule has 0 unspecified atom stereocenters. The van der Waals surface area contributed by atoms with E-state index in [1.54, 1.807) is 6.92 Å². The smallest absolute Gasteiger partial charge is 0.326 e. The van der Waals surface area contributed by atoms with Crippen LogP contribution in [0, 0.1) is 5.92 Å². The van der Waals surface area contributed by atoms with Gasteiger partial charge in [-0.15, -0.1) is 0 Å². The number of aliphatic hydroxyl groups excluding tert-OH is 1. The van der Waals surface area contributed by atoms with Gasteiger partial charge in [0.25, 0.3) is 0 Å². The van der Waals surface area contributed by atoms with Gasteiger partial charge in [0.1, 0.15) is 42.3 Å². The van der Waals surface area contributed by atoms with Crippen molar-refractivity contribution in [2.45, 2.75) is 128 Å². The monoisotopic (exact) mass is 904 g/mol. The largest absolute Gasteiger partial charge is 0.481 e. The maximum atomic E-state index is 13.4. The minimum Gasteiger partial charge on any atom is -0.481 e. The van der Waals surface area contributed by atoms with E-state index in [-0.39, 0.29) is 6.42 Å². The van der Waals surface area contributed by atoms with Crippen LogP contribution in [0.3, 0.4) is 0 Å². The van der Waals surface area contributed by atoms with E-state index in [0.29, 0.717) is 0 Å². The molecule has 10 atom stereocenters. The molecule has 0 aliphatic carbocycles. The molecule has 0 saturated carbocycles. The lowest BCUT2D eigenvalue weighted by atomic mass is 9.97. The highest BCUT2D eigenvalue weighted by molar-refractivity contribution is 5.99. The third kappa shape index (κ3) is 21.4. The SMILES string of the molecule is CC[C@H](C)[C@H](NC(=O)[C@H](CC(=O)O)NC(=O)[C@H](C)NC(=O)[C@H](CC(=O)O)NC(=O)[C@@H](NC(=O)[C@H](C)N)[C@@H](C)O)C(=O)NCC(=O)N[C@@H](CCC(=O)O)C(=O)N[C@@H](CC(N)=O)C(=O)O. The highest BCUT2D eigenvalue weighted by Crippen LogP contribution is 2.10. The zero-order valence-corrected chi connectivity index (χ0v) is 34.9. The fourth-order valence-electron chi connectivity index (χ4n) is 5.08. The van der Waals surface area contributed by atoms with Crippen LogP contribution in [0.1, 0.15) is 73.1 Å². The third-order valence-electron chi connectivity index (χ3n) is 8.79. The lowest BCUT2D eigenvalue weighted by Gasteiger charge is -2.27. The van der Waals surface area contributed by atoms with Crippen molar-refractivity contribution in [1.29, 1.82) is 0 Å². The number of amides is 9. The van der Waals surface area contributed by atoms with Crippen LogP contribution < -0.4 is 54.0 Å². The summed E-state index contributed by atoms with van der Waals surface area (Å²) in [4.78, 5) is 160. The Morgan fingerprint density at radius 1 is 0.524 bits per heavy atom. The molecule has 0 aliphatic heterocycles. The minimum absolute atomic E-state index is 0.196. The van der Waals surface area contributed by atoms with Gasteiger partial charge in [-0.2, -0.15) is 0 Å². The lowest BCUT2D eigenvalue weighted by Crippen LogP contribution is -2.61. The molecule has 28 heteroatoms. The highest BCUT2D eigenvalue weighted by Gasteiger charge is 2.35. The second kappa shape index (κ2) is 27.1. The molecule has 0 aromatic heterocycles. The molecule has 28 nitrogen and oxygen atoms in total. The Morgan fingerprint density at radius 2 is 1.00 bits per heavy atom. The molecule has 0 rings (SSSR count). The molecule has 9 amide bonds. The second-order valence-corrected chi connectivity index (χ2v) is 14.3. The lowest BCUT2D eigenvalue weighted by molar-refractivity contribution is -0.144. The first-order chi connectivity index (χ1) is 29.1. The Labute approximate surface area is 358 Å². The number of aliphatic hydroxyl groups is 1. The predicted molar refractivity (Wildman–Crippen MR) is 210 cm³/mol. The number of hydrogen-bond acceptors (Lipinski definition) is 15. The molecule has 0 saturated heterocycles. The van der Waals surface area contributed by atoms with Gasteiger partial charge in [-0.1, -0.05) is 20.3 Å². The van der Waals surface area contributed by atoms with E-state index in [1.807, 2.05) is 5.32 Å². The van der Waals surface area contributed by atoms with Gasteiger partial charge in [-0.05, 0) is 33.1 Å². The fraction of sp³-hybridized carbons (Fsp3) is 0.629. The predicted octanol–water partition coefficient (Wildman–Crippen LogP) is -6.94. The van der Waals surface area contributed by atoms with Crippen LogP contribution in [0.5, 0.6) is 0 Å². The number of primary amides is 1. The summed E-state index contributed by atoms with van der Waals surface area (Å²) >= 11 is 0. The van der Waals surface area contributed by atoms with Crippen molar-refractivity contribution in [2.75, 3.05) is 6.54 Å². The quantitative estimate of drug-likeness (QED) is 0.0332. The van der Waals surface area contributed by atoms with E-state index in [2.05, 4.69) is 37.2 Å². The topological polar surface area (TPSA) is 471 Å². The molecule has 354 valence electrons. The first kappa shape index (κ1) is 56.0. The number of carboxylic acids is 4. The number of carbonyl (C=O) groups excluding carboxylic acids is 9. The molecule has 0 aromatic rings. The highest BCUT2D eigenvalue weighted by atomic mass is 16.4. The van der Waals surface area contributed by atoms with Crippen LogP contribution in [0.15, 0.2) is 0 Å². The zero-order valence-electron chi connectivity index (χ0n) is 34.9. The van der Waals surface area contributed by atoms with Crippen LogP contribution in [0.2, 0.25) is 0 Å². The van der Waals surface area contributed by atoms with Crippen LogP contribution in [-0.4, -0.2) is 164 Å². The van der Waals surface area contributed by atoms with Gasteiger partial charge in [-0.25, -0.2) is 4.79 Å². The summed E-state index contributed by atoms with van der Waals surface area (Å²) in [5.41, 5.74) is 10.5. The number of nitrogens with one attached hydrogen (secondary N) is 8. The van der Waals surface area contributed by atoms with Gasteiger partial charge < -0.3 is 79.5 Å². The molecule has 0 heterocycles. The average molecular weight is 905 g/mol. The van der Waals surface area contributed by atoms with Crippen molar-refractivity contribution in [2.24, 2.45) is 17.4 Å². The molecule has 0 fully saturated rings. The molecule has 17 N–H and O–H groups in total. The standard InChI is InChI=1S/C35H56N10O18/c1-6-13(2)26(33(60)38-12-22(48)40-17(7-8-23(49)50)30(57)43-20(35(62)63)9-21(37)47)44-32(59)19(11-25(53)54)41-29(56)15(4)39-31(58)18(10-24(51)52)42-34(61)27(16(5)46)45-28(55)14(3)36/h13-20,26-27,46H,6-12,36H2,1-5H3,(H2,37,47)(H,38,60)(H,39,58)(H,40,48)(H,41,56)(H,42,61)(H,43,57)(H,44,59)(H,45,55)(H,49,50)(H,51,52)(H,53,54)(H,62,63)/t13-,14-,15-,16+,17-,18-,19-,20-,26-,27-/m0/s1. The van der Waals surface area contributed by atoms with Crippen molar-refractivity contribution in [3.05, 3.63) is 0 Å². The van der Waals surface area contributed by atoms with Gasteiger partial charge in [0.05, 0.1) is 38.0 Å². The van der Waals surface area contributed by atoms with Gasteiger partial charge in [-0.3, -0.25) is 57.5 Å². The summed E-state index contributed by atoms with van der Waals surface area (Å²) in [6.07, 6.45) is -5.59. The molecular formula is C35H56N10O18. The number of carbonyl (C=O) groups is 13. The van der Waals surface area contributed by atoms with Crippen molar-refractivity contribution in [3.63, 3.8) is 0 Å². The van der Waals surface area contributed by atoms with Crippen LogP contribution in [0.4, 0.5) is 0 Å². The molecular weight excluding hydrogens is 848 g/mol. The Balaban J connectivity index is 6.01. The molecule has 0 aliphatic rings. The van der Waals surface area contributed by atoms with E-state index in [0.717, 1.165) is 13.8 Å². The number of carboxylic acid groups (broad SMARTS) is 4. The van der Waals surface area contributed by atoms with E-state index in [1.165, 1.54) is 13.8 Å². The summed E-state index contributed by atoms with van der Waals surface area (Å²) < 4.78 is 0. The molecule has 0 radical (unpaired) electrons. The third-order valence-corrected chi connectivity index (χ3v) is 8.79. The first-order valence-corrected chi connectivity index (χ1v) is 19.1. The Bertz CT molecular complexity index is 1740. The average Bonchev–Trinajstić information content (AvgIpc) is 3.17. The Hall–Kier alpha value is -6.97. The summed E-state index contributed by atoms with van der Waals surface area (Å²) in [6.45, 7) is 5.60. The van der Waals surface area contributed by atoms with E-state index in [4.69, 9.17) is 16.6 Å². The Morgan fingerprint density at radius 3 is 1.44 bits per heavy atom. The first-order valence-electron chi connectivity index (χ1n) is 19.1. The number of nitrogens with two attached hydrogens (primary N) is 2. The number of hydrogen-bond donors (Lipinski definition) is 15. The maximum absolute atomic E-state index is 13.4. The van der Waals surface area contributed by atoms with E-state index >= 15 is 0 Å². The van der Waals surface area contributed by atoms with Gasteiger partial charge in [0, 0.05) is 6.42 Å². The van der Waals surface area contributed by atoms with Crippen molar-refractivity contribution >= 4 is 77.0 Å². The fourth-order valence-corrected chi connectivity index (χ4v) is 5.08. The Kier molecular flexibility index (Phi) is 24.1. The number of rotatable bonds is 29. The van der Waals surface area contributed by atoms with Gasteiger partial charge in [0.2, 0.25) is 53.2 Å². The zero-order chi connectivity index (χ0) is 48.9. The molecule has 0 aromatic carbocycles. The summed E-state index contributed by atoms with van der Waals surface area (Å²) in [6, 6.07) is -13.3. The van der Waals surface area contributed by atoms with Crippen molar-refractivity contribution in [1.82, 2.24) is 42.5 Å². The molecule has 0 bridgehead atoms. The maximum Gasteiger partial charge on any atom is 0.326 e. The summed E-state index contributed by atoms with van der Waals surface area (Å²) in [7, 11) is 0. The van der Waals surface area contributed by atoms with Crippen molar-refractivity contribution in [3.8, 4) is 0 Å². The van der Waals surface area contributed by atoms with Crippen LogP contribution in [0.25, 0.3) is 0 Å². The minimum atomic E-state index is -1.93. The van der Waals surface area contributed by atoms with Crippen molar-refractivity contribution < 1.29 is 87.9 Å².